The monoisotopic (exact) mass is 391 g/mol. The van der Waals surface area contributed by atoms with Crippen LogP contribution in [0.4, 0.5) is 0 Å². The quantitative estimate of drug-likeness (QED) is 0.786. The van der Waals surface area contributed by atoms with Gasteiger partial charge in [0.2, 0.25) is 0 Å². The summed E-state index contributed by atoms with van der Waals surface area (Å²) in [6.45, 7) is 1.58. The van der Waals surface area contributed by atoms with Crippen molar-refractivity contribution in [1.29, 1.82) is 0 Å². The van der Waals surface area contributed by atoms with Crippen LogP contribution in [0.15, 0.2) is 60.7 Å². The fourth-order valence-corrected chi connectivity index (χ4v) is 5.05. The number of rotatable bonds is 6. The maximum Gasteiger partial charge on any atom is 0.0956 e. The second-order valence-corrected chi connectivity index (χ2v) is 8.46. The molecule has 5 heteroatoms. The predicted molar refractivity (Wildman–Crippen MR) is 113 cm³/mol. The van der Waals surface area contributed by atoms with Crippen molar-refractivity contribution in [2.45, 2.75) is 50.4 Å². The summed E-state index contributed by atoms with van der Waals surface area (Å²) < 4.78 is 8.35. The van der Waals surface area contributed by atoms with E-state index in [1.54, 1.807) is 0 Å². The molecule has 3 heterocycles. The molecule has 2 N–H and O–H groups in total. The molecule has 5 rings (SSSR count). The third-order valence-electron chi connectivity index (χ3n) is 6.71. The lowest BCUT2D eigenvalue weighted by atomic mass is 9.81. The number of nitrogens with one attached hydrogen (secondary N) is 1. The molecule has 1 aliphatic carbocycles. The van der Waals surface area contributed by atoms with Gasteiger partial charge in [-0.2, -0.15) is 0 Å². The molecule has 0 bridgehead atoms. The Kier molecular flexibility index (Phi) is 5.25. The highest BCUT2D eigenvalue weighted by molar-refractivity contribution is 5.68. The first kappa shape index (κ1) is 18.6. The molecular formula is C24H29N3O2. The highest BCUT2D eigenvalue weighted by Crippen LogP contribution is 2.42. The lowest BCUT2D eigenvalue weighted by Crippen LogP contribution is -2.31. The molecule has 0 radical (unpaired) electrons. The highest BCUT2D eigenvalue weighted by Gasteiger charge is 2.33. The first-order valence-electron chi connectivity index (χ1n) is 10.8. The number of hydrogen-bond donors (Lipinski definition) is 2. The van der Waals surface area contributed by atoms with E-state index in [9.17, 15) is 5.11 Å². The number of benzene rings is 1. The van der Waals surface area contributed by atoms with Crippen molar-refractivity contribution in [2.24, 2.45) is 5.92 Å². The first-order valence-corrected chi connectivity index (χ1v) is 10.8. The van der Waals surface area contributed by atoms with Crippen LogP contribution in [-0.2, 0) is 4.74 Å². The molecule has 1 aromatic heterocycles. The van der Waals surface area contributed by atoms with E-state index in [-0.39, 0.29) is 12.1 Å². The lowest BCUT2D eigenvalue weighted by Gasteiger charge is -2.33. The van der Waals surface area contributed by atoms with Gasteiger partial charge in [-0.1, -0.05) is 30.3 Å². The molecule has 1 saturated carbocycles. The van der Waals surface area contributed by atoms with Crippen molar-refractivity contribution < 1.29 is 9.84 Å². The maximum atomic E-state index is 11.0. The third kappa shape index (κ3) is 3.77. The summed E-state index contributed by atoms with van der Waals surface area (Å²) >= 11 is 0. The Bertz CT molecular complexity index is 908. The average Bonchev–Trinajstić information content (AvgIpc) is 3.36. The van der Waals surface area contributed by atoms with Crippen LogP contribution in [0.2, 0.25) is 0 Å². The van der Waals surface area contributed by atoms with Gasteiger partial charge < -0.3 is 19.7 Å². The molecule has 0 amide bonds. The van der Waals surface area contributed by atoms with Crippen molar-refractivity contribution >= 4 is 0 Å². The molecular weight excluding hydrogens is 362 g/mol. The summed E-state index contributed by atoms with van der Waals surface area (Å²) in [6, 6.07) is 8.70. The lowest BCUT2D eigenvalue weighted by molar-refractivity contribution is 0.000127. The second kappa shape index (κ2) is 8.17. The summed E-state index contributed by atoms with van der Waals surface area (Å²) in [5.41, 5.74) is 4.97. The van der Waals surface area contributed by atoms with Crippen LogP contribution >= 0.6 is 0 Å². The Morgan fingerprint density at radius 2 is 2.07 bits per heavy atom. The minimum atomic E-state index is -0.294. The topological polar surface area (TPSA) is 59.3 Å². The Balaban J connectivity index is 1.16. The van der Waals surface area contributed by atoms with Crippen LogP contribution < -0.4 is 5.32 Å². The fourth-order valence-electron chi connectivity index (χ4n) is 5.05. The summed E-state index contributed by atoms with van der Waals surface area (Å²) in [5.74, 6) is 0.354. The van der Waals surface area contributed by atoms with Crippen LogP contribution in [0.25, 0.3) is 11.3 Å². The van der Waals surface area contributed by atoms with Gasteiger partial charge in [-0.05, 0) is 61.4 Å². The zero-order valence-electron chi connectivity index (χ0n) is 16.7. The summed E-state index contributed by atoms with van der Waals surface area (Å²) in [5, 5.41) is 14.2. The molecule has 2 unspecified atom stereocenters. The zero-order chi connectivity index (χ0) is 19.6. The number of dihydropyridines is 1. The van der Waals surface area contributed by atoms with Crippen LogP contribution in [0.1, 0.15) is 43.7 Å². The second-order valence-electron chi connectivity index (χ2n) is 8.46. The van der Waals surface area contributed by atoms with Gasteiger partial charge in [0.1, 0.15) is 0 Å². The van der Waals surface area contributed by atoms with Crippen molar-refractivity contribution in [3.05, 3.63) is 66.3 Å². The van der Waals surface area contributed by atoms with Crippen molar-refractivity contribution in [3.8, 4) is 11.3 Å². The van der Waals surface area contributed by atoms with Crippen LogP contribution in [-0.4, -0.2) is 40.0 Å². The van der Waals surface area contributed by atoms with E-state index >= 15 is 0 Å². The molecule has 1 aromatic carbocycles. The van der Waals surface area contributed by atoms with E-state index in [0.717, 1.165) is 44.3 Å². The van der Waals surface area contributed by atoms with Crippen LogP contribution in [0, 0.1) is 5.92 Å². The number of hydrogen-bond acceptors (Lipinski definition) is 4. The summed E-state index contributed by atoms with van der Waals surface area (Å²) in [4.78, 5) is 4.33. The van der Waals surface area contributed by atoms with Gasteiger partial charge >= 0.3 is 0 Å². The van der Waals surface area contributed by atoms with E-state index in [0.29, 0.717) is 18.6 Å². The number of ether oxygens (including phenoxy) is 1. The Morgan fingerprint density at radius 3 is 2.90 bits per heavy atom. The van der Waals surface area contributed by atoms with Crippen molar-refractivity contribution in [2.75, 3.05) is 13.2 Å². The summed E-state index contributed by atoms with van der Waals surface area (Å²) in [7, 11) is 0. The molecule has 1 fully saturated rings. The molecule has 2 aliphatic heterocycles. The number of imidazole rings is 1. The molecule has 152 valence electrons. The Labute approximate surface area is 172 Å². The molecule has 0 spiro atoms. The van der Waals surface area contributed by atoms with Gasteiger partial charge in [-0.3, -0.25) is 0 Å². The van der Waals surface area contributed by atoms with E-state index in [4.69, 9.17) is 4.74 Å². The van der Waals surface area contributed by atoms with E-state index in [1.807, 2.05) is 18.7 Å². The van der Waals surface area contributed by atoms with Gasteiger partial charge in [0.25, 0.3) is 0 Å². The fraction of sp³-hybridized carbons (Fsp3) is 0.458. The predicted octanol–water partition coefficient (Wildman–Crippen LogP) is 3.82. The van der Waals surface area contributed by atoms with Gasteiger partial charge in [-0.25, -0.2) is 4.98 Å². The van der Waals surface area contributed by atoms with Crippen LogP contribution in [0.3, 0.4) is 0 Å². The normalized spacial score (nSPS) is 26.4. The van der Waals surface area contributed by atoms with Crippen LogP contribution in [0.5, 0.6) is 0 Å². The molecule has 5 nitrogen and oxygen atoms in total. The van der Waals surface area contributed by atoms with Gasteiger partial charge in [0, 0.05) is 12.1 Å². The number of nitrogens with zero attached hydrogens (tertiary/aromatic N) is 2. The number of fused-ring (bicyclic) bond motifs is 3. The molecule has 2 atom stereocenters. The molecule has 0 saturated heterocycles. The van der Waals surface area contributed by atoms with Gasteiger partial charge in [0.15, 0.2) is 0 Å². The molecule has 3 aliphatic rings. The van der Waals surface area contributed by atoms with Crippen molar-refractivity contribution in [1.82, 2.24) is 14.9 Å². The standard InChI is InChI=1S/C24H29N3O2/c28-24(13-22-20-3-1-2-4-21(20)23-14-26-16-27(22)23)18-5-7-19(8-6-18)29-15-17-9-11-25-12-10-17/h1-4,9-11,14,16,18-19,22,24-25,28H,5-8,12-13,15H2/t18-,19-,22?,24?. The van der Waals surface area contributed by atoms with E-state index in [2.05, 4.69) is 51.3 Å². The molecule has 29 heavy (non-hydrogen) atoms. The Hall–Kier alpha value is -2.37. The maximum absolute atomic E-state index is 11.0. The van der Waals surface area contributed by atoms with Gasteiger partial charge in [-0.15, -0.1) is 0 Å². The highest BCUT2D eigenvalue weighted by atomic mass is 16.5. The average molecular weight is 392 g/mol. The first-order chi connectivity index (χ1) is 14.3. The minimum Gasteiger partial charge on any atom is -0.393 e. The largest absolute Gasteiger partial charge is 0.393 e. The number of aliphatic hydroxyl groups excluding tert-OH is 1. The number of aliphatic hydroxyl groups is 1. The SMILES string of the molecule is OC(CC1c2ccccc2-c2cncn21)[C@H]1CC[C@H](OCC2=CCNC=C2)CC1. The third-order valence-corrected chi connectivity index (χ3v) is 6.71. The smallest absolute Gasteiger partial charge is 0.0956 e. The number of aromatic nitrogens is 2. The zero-order valence-corrected chi connectivity index (χ0v) is 16.7. The Morgan fingerprint density at radius 1 is 1.21 bits per heavy atom. The van der Waals surface area contributed by atoms with E-state index < -0.39 is 0 Å². The van der Waals surface area contributed by atoms with Crippen molar-refractivity contribution in [3.63, 3.8) is 0 Å². The van der Waals surface area contributed by atoms with Gasteiger partial charge in [0.05, 0.1) is 43.1 Å². The van der Waals surface area contributed by atoms with E-state index in [1.165, 1.54) is 16.7 Å². The molecule has 2 aromatic rings. The summed E-state index contributed by atoms with van der Waals surface area (Å²) in [6.07, 6.45) is 15.0. The minimum absolute atomic E-state index is 0.186.